The van der Waals surface area contributed by atoms with Crippen molar-refractivity contribution in [3.8, 4) is 5.75 Å². The van der Waals surface area contributed by atoms with Crippen LogP contribution in [0.2, 0.25) is 0 Å². The van der Waals surface area contributed by atoms with Gasteiger partial charge in [-0.25, -0.2) is 8.42 Å². The topological polar surface area (TPSA) is 96.0 Å². The molecule has 0 aliphatic carbocycles. The first-order valence-electron chi connectivity index (χ1n) is 11.6. The minimum atomic E-state index is -3.55. The van der Waals surface area contributed by atoms with Gasteiger partial charge >= 0.3 is 0 Å². The van der Waals surface area contributed by atoms with Crippen LogP contribution >= 0.6 is 15.9 Å². The number of nitrogens with zero attached hydrogens (tertiary/aromatic N) is 2. The molecule has 2 rings (SSSR count). The van der Waals surface area contributed by atoms with Crippen molar-refractivity contribution in [1.82, 2.24) is 10.2 Å². The number of carbonyl (C=O) groups is 2. The van der Waals surface area contributed by atoms with E-state index in [1.165, 1.54) is 9.21 Å². The Kier molecular flexibility index (Phi) is 11.0. The lowest BCUT2D eigenvalue weighted by molar-refractivity contribution is -0.140. The molecule has 2 aromatic rings. The average Bonchev–Trinajstić information content (AvgIpc) is 2.80. The van der Waals surface area contributed by atoms with Crippen LogP contribution in [0.1, 0.15) is 39.2 Å². The van der Waals surface area contributed by atoms with Crippen molar-refractivity contribution in [3.05, 3.63) is 58.6 Å². The number of carbonyl (C=O) groups excluding carboxylic acids is 2. The van der Waals surface area contributed by atoms with Gasteiger partial charge in [0.2, 0.25) is 21.8 Å². The smallest absolute Gasteiger partial charge is 0.242 e. The van der Waals surface area contributed by atoms with E-state index in [4.69, 9.17) is 4.74 Å². The normalized spacial score (nSPS) is 12.0. The maximum absolute atomic E-state index is 13.2. The lowest BCUT2D eigenvalue weighted by atomic mass is 10.1. The first-order valence-corrected chi connectivity index (χ1v) is 14.2. The first-order chi connectivity index (χ1) is 16.6. The van der Waals surface area contributed by atoms with Crippen LogP contribution in [-0.4, -0.2) is 57.1 Å². The highest BCUT2D eigenvalue weighted by Gasteiger charge is 2.26. The number of rotatable bonds is 13. The molecule has 0 aliphatic heterocycles. The van der Waals surface area contributed by atoms with Gasteiger partial charge in [0, 0.05) is 30.5 Å². The Morgan fingerprint density at radius 1 is 1.11 bits per heavy atom. The van der Waals surface area contributed by atoms with Crippen molar-refractivity contribution in [2.75, 3.05) is 30.3 Å². The van der Waals surface area contributed by atoms with Crippen LogP contribution in [0.25, 0.3) is 0 Å². The van der Waals surface area contributed by atoms with Crippen molar-refractivity contribution in [2.45, 2.75) is 46.2 Å². The van der Waals surface area contributed by atoms with Crippen molar-refractivity contribution in [3.63, 3.8) is 0 Å². The molecular weight excluding hydrogens is 534 g/mol. The highest BCUT2D eigenvalue weighted by molar-refractivity contribution is 9.10. The lowest BCUT2D eigenvalue weighted by Crippen LogP contribution is -2.47. The molecule has 0 aliphatic rings. The molecule has 35 heavy (non-hydrogen) atoms. The van der Waals surface area contributed by atoms with E-state index < -0.39 is 16.1 Å². The Bertz CT molecular complexity index is 1090. The molecule has 0 fully saturated rings. The number of ether oxygens (including phenoxy) is 1. The second-order valence-electron chi connectivity index (χ2n) is 8.09. The summed E-state index contributed by atoms with van der Waals surface area (Å²) >= 11 is 3.44. The van der Waals surface area contributed by atoms with Gasteiger partial charge in [-0.2, -0.15) is 0 Å². The van der Waals surface area contributed by atoms with E-state index in [2.05, 4.69) is 21.2 Å². The summed E-state index contributed by atoms with van der Waals surface area (Å²) in [7, 11) is -3.55. The van der Waals surface area contributed by atoms with Crippen LogP contribution in [0, 0.1) is 0 Å². The van der Waals surface area contributed by atoms with E-state index in [9.17, 15) is 18.0 Å². The average molecular weight is 569 g/mol. The molecule has 0 bridgehead atoms. The molecule has 2 amide bonds. The van der Waals surface area contributed by atoms with Crippen LogP contribution < -0.4 is 14.4 Å². The minimum absolute atomic E-state index is 0.0980. The molecule has 0 aromatic heterocycles. The first kappa shape index (κ1) is 28.6. The van der Waals surface area contributed by atoms with E-state index in [0.717, 1.165) is 16.3 Å². The molecule has 10 heteroatoms. The summed E-state index contributed by atoms with van der Waals surface area (Å²) in [5.41, 5.74) is 1.39. The molecule has 0 saturated heterocycles. The van der Waals surface area contributed by atoms with Crippen LogP contribution in [-0.2, 0) is 26.2 Å². The zero-order chi connectivity index (χ0) is 26.0. The van der Waals surface area contributed by atoms with Crippen LogP contribution in [0.3, 0.4) is 0 Å². The van der Waals surface area contributed by atoms with Gasteiger partial charge in [-0.15, -0.1) is 0 Å². The van der Waals surface area contributed by atoms with Gasteiger partial charge in [0.25, 0.3) is 0 Å². The summed E-state index contributed by atoms with van der Waals surface area (Å²) in [5, 5.41) is 2.77. The number of likely N-dealkylation sites (N-methyl/N-ethyl adjacent to an activating group) is 1. The minimum Gasteiger partial charge on any atom is -0.494 e. The number of hydrogen-bond donors (Lipinski definition) is 1. The molecule has 1 atom stereocenters. The third-order valence-corrected chi connectivity index (χ3v) is 7.04. The zero-order valence-electron chi connectivity index (χ0n) is 20.7. The van der Waals surface area contributed by atoms with Gasteiger partial charge in [-0.05, 0) is 69.2 Å². The Morgan fingerprint density at radius 2 is 1.80 bits per heavy atom. The zero-order valence-corrected chi connectivity index (χ0v) is 23.1. The van der Waals surface area contributed by atoms with E-state index in [1.54, 1.807) is 31.2 Å². The number of halogens is 1. The van der Waals surface area contributed by atoms with Crippen LogP contribution in [0.5, 0.6) is 5.75 Å². The highest BCUT2D eigenvalue weighted by Crippen LogP contribution is 2.23. The van der Waals surface area contributed by atoms with Gasteiger partial charge in [0.05, 0.1) is 18.6 Å². The van der Waals surface area contributed by atoms with E-state index in [-0.39, 0.29) is 31.3 Å². The monoisotopic (exact) mass is 567 g/mol. The number of hydrogen-bond acceptors (Lipinski definition) is 5. The quantitative estimate of drug-likeness (QED) is 0.395. The van der Waals surface area contributed by atoms with Gasteiger partial charge in [0.1, 0.15) is 11.8 Å². The third kappa shape index (κ3) is 8.85. The maximum Gasteiger partial charge on any atom is 0.242 e. The van der Waals surface area contributed by atoms with Crippen molar-refractivity contribution in [2.24, 2.45) is 0 Å². The fourth-order valence-corrected chi connectivity index (χ4v) is 5.03. The Balaban J connectivity index is 2.14. The summed E-state index contributed by atoms with van der Waals surface area (Å²) in [4.78, 5) is 27.3. The Hall–Kier alpha value is -2.59. The largest absolute Gasteiger partial charge is 0.494 e. The number of anilines is 1. The van der Waals surface area contributed by atoms with Crippen molar-refractivity contribution >= 4 is 43.5 Å². The Morgan fingerprint density at radius 3 is 2.37 bits per heavy atom. The predicted molar refractivity (Wildman–Crippen MR) is 142 cm³/mol. The molecule has 0 saturated carbocycles. The summed E-state index contributed by atoms with van der Waals surface area (Å²) in [6.45, 7) is 6.79. The van der Waals surface area contributed by atoms with Gasteiger partial charge in [-0.1, -0.05) is 28.1 Å². The third-order valence-electron chi connectivity index (χ3n) is 5.35. The van der Waals surface area contributed by atoms with Crippen LogP contribution in [0.4, 0.5) is 5.69 Å². The highest BCUT2D eigenvalue weighted by atomic mass is 79.9. The second-order valence-corrected chi connectivity index (χ2v) is 10.9. The molecule has 0 radical (unpaired) electrons. The molecule has 1 unspecified atom stereocenters. The number of sulfonamides is 1. The molecule has 192 valence electrons. The standard InChI is InChI=1S/C25H34BrN3O5S/c1-5-27-25(31)19(3)28(18-20-9-7-10-21(26)17-20)24(30)11-8-16-29(35(4,32)33)22-12-14-23(15-13-22)34-6-2/h7,9-10,12-15,17,19H,5-6,8,11,16,18H2,1-4H3,(H,27,31). The van der Waals surface area contributed by atoms with E-state index in [1.807, 2.05) is 38.1 Å². The molecule has 2 aromatic carbocycles. The van der Waals surface area contributed by atoms with E-state index >= 15 is 0 Å². The lowest BCUT2D eigenvalue weighted by Gasteiger charge is -2.29. The van der Waals surface area contributed by atoms with Gasteiger partial charge in [-0.3, -0.25) is 13.9 Å². The molecule has 0 spiro atoms. The van der Waals surface area contributed by atoms with Crippen molar-refractivity contribution in [1.29, 1.82) is 0 Å². The van der Waals surface area contributed by atoms with Gasteiger partial charge in [0.15, 0.2) is 0 Å². The van der Waals surface area contributed by atoms with Crippen LogP contribution in [0.15, 0.2) is 53.0 Å². The molecule has 0 heterocycles. The second kappa shape index (κ2) is 13.5. The number of nitrogens with one attached hydrogen (secondary N) is 1. The predicted octanol–water partition coefficient (Wildman–Crippen LogP) is 3.95. The van der Waals surface area contributed by atoms with Gasteiger partial charge < -0.3 is 15.0 Å². The summed E-state index contributed by atoms with van der Waals surface area (Å²) in [6.07, 6.45) is 1.54. The summed E-state index contributed by atoms with van der Waals surface area (Å²) < 4.78 is 32.5. The number of benzene rings is 2. The molecule has 8 nitrogen and oxygen atoms in total. The maximum atomic E-state index is 13.2. The van der Waals surface area contributed by atoms with E-state index in [0.29, 0.717) is 31.0 Å². The Labute approximate surface area is 216 Å². The summed E-state index contributed by atoms with van der Waals surface area (Å²) in [6, 6.07) is 13.7. The SMILES string of the molecule is CCNC(=O)C(C)N(Cc1cccc(Br)c1)C(=O)CCCN(c1ccc(OCC)cc1)S(C)(=O)=O. The molecule has 1 N–H and O–H groups in total. The van der Waals surface area contributed by atoms with Crippen molar-refractivity contribution < 1.29 is 22.7 Å². The fourth-order valence-electron chi connectivity index (χ4n) is 3.62. The fraction of sp³-hybridized carbons (Fsp3) is 0.440. The summed E-state index contributed by atoms with van der Waals surface area (Å²) in [5.74, 6) is 0.203. The number of amides is 2. The molecular formula is C25H34BrN3O5S.